The summed E-state index contributed by atoms with van der Waals surface area (Å²) in [4.78, 5) is 29.1. The zero-order valence-corrected chi connectivity index (χ0v) is 11.1. The van der Waals surface area contributed by atoms with Gasteiger partial charge < -0.3 is 9.88 Å². The highest BCUT2D eigenvalue weighted by Gasteiger charge is 2.36. The molecule has 0 aromatic carbocycles. The van der Waals surface area contributed by atoms with Crippen molar-refractivity contribution in [2.75, 3.05) is 6.54 Å². The van der Waals surface area contributed by atoms with Gasteiger partial charge in [-0.2, -0.15) is 0 Å². The summed E-state index contributed by atoms with van der Waals surface area (Å²) in [7, 11) is 0. The largest absolute Gasteiger partial charge is 0.367 e. The lowest BCUT2D eigenvalue weighted by atomic mass is 9.95. The third-order valence-electron chi connectivity index (χ3n) is 4.56. The van der Waals surface area contributed by atoms with E-state index in [9.17, 15) is 9.59 Å². The Labute approximate surface area is 112 Å². The number of amides is 1. The second-order valence-electron chi connectivity index (χ2n) is 5.67. The van der Waals surface area contributed by atoms with Crippen LogP contribution in [-0.2, 0) is 0 Å². The molecule has 1 unspecified atom stereocenters. The maximum absolute atomic E-state index is 12.5. The minimum Gasteiger partial charge on any atom is -0.367 e. The van der Waals surface area contributed by atoms with Crippen LogP contribution in [0.1, 0.15) is 48.9 Å². The van der Waals surface area contributed by atoms with Crippen molar-refractivity contribution in [3.05, 3.63) is 34.2 Å². The zero-order valence-electron chi connectivity index (χ0n) is 11.1. The lowest BCUT2D eigenvalue weighted by Crippen LogP contribution is -2.41. The van der Waals surface area contributed by atoms with Crippen molar-refractivity contribution >= 4 is 5.91 Å². The van der Waals surface area contributed by atoms with Crippen molar-refractivity contribution in [1.29, 1.82) is 0 Å². The first-order chi connectivity index (χ1) is 9.27. The summed E-state index contributed by atoms with van der Waals surface area (Å²) in [5, 5.41) is 0. The Kier molecular flexibility index (Phi) is 3.40. The van der Waals surface area contributed by atoms with Crippen LogP contribution in [0.4, 0.5) is 0 Å². The van der Waals surface area contributed by atoms with E-state index in [0.717, 1.165) is 19.4 Å². The van der Waals surface area contributed by atoms with Gasteiger partial charge in [0.1, 0.15) is 5.56 Å². The maximum atomic E-state index is 12.5. The number of nitrogens with one attached hydrogen (secondary N) is 1. The van der Waals surface area contributed by atoms with E-state index in [1.54, 1.807) is 6.20 Å². The first kappa shape index (κ1) is 12.5. The third-order valence-corrected chi connectivity index (χ3v) is 4.56. The molecule has 1 atom stereocenters. The SMILES string of the molecule is O=C(c1c[nH]ccc1=O)N1CCCC1C1CCCC1. The number of nitrogens with zero attached hydrogens (tertiary/aromatic N) is 1. The molecule has 1 amide bonds. The van der Waals surface area contributed by atoms with Crippen molar-refractivity contribution in [3.63, 3.8) is 0 Å². The van der Waals surface area contributed by atoms with Gasteiger partial charge in [0.15, 0.2) is 5.43 Å². The molecule has 1 aromatic heterocycles. The van der Waals surface area contributed by atoms with Crippen LogP contribution in [0.5, 0.6) is 0 Å². The summed E-state index contributed by atoms with van der Waals surface area (Å²) in [5.74, 6) is 0.561. The quantitative estimate of drug-likeness (QED) is 0.886. The molecule has 4 heteroatoms. The van der Waals surface area contributed by atoms with Crippen molar-refractivity contribution in [2.45, 2.75) is 44.6 Å². The smallest absolute Gasteiger partial charge is 0.259 e. The van der Waals surface area contributed by atoms with Crippen molar-refractivity contribution in [3.8, 4) is 0 Å². The summed E-state index contributed by atoms with van der Waals surface area (Å²) in [6, 6.07) is 1.78. The molecule has 0 spiro atoms. The number of aromatic nitrogens is 1. The van der Waals surface area contributed by atoms with Gasteiger partial charge in [-0.05, 0) is 31.6 Å². The Bertz CT molecular complexity index is 517. The van der Waals surface area contributed by atoms with Gasteiger partial charge in [0.05, 0.1) is 0 Å². The van der Waals surface area contributed by atoms with Gasteiger partial charge in [-0.3, -0.25) is 9.59 Å². The van der Waals surface area contributed by atoms with Crippen LogP contribution in [-0.4, -0.2) is 28.4 Å². The highest BCUT2D eigenvalue weighted by Crippen LogP contribution is 2.35. The molecule has 1 aliphatic carbocycles. The fourth-order valence-electron chi connectivity index (χ4n) is 3.61. The summed E-state index contributed by atoms with van der Waals surface area (Å²) in [6.45, 7) is 0.800. The van der Waals surface area contributed by atoms with E-state index in [1.165, 1.54) is 37.9 Å². The lowest BCUT2D eigenvalue weighted by molar-refractivity contribution is 0.0687. The highest BCUT2D eigenvalue weighted by molar-refractivity contribution is 5.94. The summed E-state index contributed by atoms with van der Waals surface area (Å²) >= 11 is 0. The fourth-order valence-corrected chi connectivity index (χ4v) is 3.61. The van der Waals surface area contributed by atoms with Gasteiger partial charge in [-0.1, -0.05) is 12.8 Å². The highest BCUT2D eigenvalue weighted by atomic mass is 16.2. The van der Waals surface area contributed by atoms with Crippen LogP contribution in [0.2, 0.25) is 0 Å². The van der Waals surface area contributed by atoms with E-state index < -0.39 is 0 Å². The number of H-pyrrole nitrogens is 1. The van der Waals surface area contributed by atoms with Gasteiger partial charge in [0.25, 0.3) is 5.91 Å². The Morgan fingerprint density at radius 3 is 2.74 bits per heavy atom. The number of likely N-dealkylation sites (tertiary alicyclic amines) is 1. The predicted molar refractivity (Wildman–Crippen MR) is 73.1 cm³/mol. The van der Waals surface area contributed by atoms with Crippen LogP contribution in [0.3, 0.4) is 0 Å². The van der Waals surface area contributed by atoms with Gasteiger partial charge in [-0.25, -0.2) is 0 Å². The molecule has 1 aromatic rings. The number of hydrogen-bond acceptors (Lipinski definition) is 2. The summed E-state index contributed by atoms with van der Waals surface area (Å²) < 4.78 is 0. The minimum atomic E-state index is -0.180. The number of aromatic amines is 1. The summed E-state index contributed by atoms with van der Waals surface area (Å²) in [5.41, 5.74) is 0.105. The van der Waals surface area contributed by atoms with E-state index in [0.29, 0.717) is 12.0 Å². The minimum absolute atomic E-state index is 0.0868. The molecule has 2 heterocycles. The molecular formula is C15H20N2O2. The second kappa shape index (κ2) is 5.19. The zero-order chi connectivity index (χ0) is 13.2. The Morgan fingerprint density at radius 1 is 1.21 bits per heavy atom. The van der Waals surface area contributed by atoms with Crippen LogP contribution in [0.25, 0.3) is 0 Å². The standard InChI is InChI=1S/C15H20N2O2/c18-14-7-8-16-10-12(14)15(19)17-9-3-6-13(17)11-4-1-2-5-11/h7-8,10-11,13H,1-6,9H2,(H,16,18). The Balaban J connectivity index is 1.82. The van der Waals surface area contributed by atoms with Crippen LogP contribution >= 0.6 is 0 Å². The summed E-state index contributed by atoms with van der Waals surface area (Å²) in [6.07, 6.45) is 10.3. The van der Waals surface area contributed by atoms with Gasteiger partial charge >= 0.3 is 0 Å². The number of carbonyl (C=O) groups excluding carboxylic acids is 1. The Morgan fingerprint density at radius 2 is 2.00 bits per heavy atom. The van der Waals surface area contributed by atoms with Crippen molar-refractivity contribution < 1.29 is 4.79 Å². The number of hydrogen-bond donors (Lipinski definition) is 1. The topological polar surface area (TPSA) is 53.2 Å². The van der Waals surface area contributed by atoms with E-state index in [4.69, 9.17) is 0 Å². The van der Waals surface area contributed by atoms with Gasteiger partial charge in [-0.15, -0.1) is 0 Å². The average molecular weight is 260 g/mol. The van der Waals surface area contributed by atoms with Gasteiger partial charge in [0, 0.05) is 31.0 Å². The van der Waals surface area contributed by atoms with Crippen molar-refractivity contribution in [2.24, 2.45) is 5.92 Å². The molecule has 0 bridgehead atoms. The second-order valence-corrected chi connectivity index (χ2v) is 5.67. The lowest BCUT2D eigenvalue weighted by Gasteiger charge is -2.29. The maximum Gasteiger partial charge on any atom is 0.259 e. The van der Waals surface area contributed by atoms with Crippen molar-refractivity contribution in [1.82, 2.24) is 9.88 Å². The molecule has 2 aliphatic rings. The first-order valence-electron chi connectivity index (χ1n) is 7.25. The van der Waals surface area contributed by atoms with Crippen LogP contribution in [0.15, 0.2) is 23.3 Å². The van der Waals surface area contributed by atoms with E-state index in [1.807, 2.05) is 4.90 Å². The van der Waals surface area contributed by atoms with E-state index >= 15 is 0 Å². The first-order valence-corrected chi connectivity index (χ1v) is 7.25. The molecule has 102 valence electrons. The predicted octanol–water partition coefficient (Wildman–Crippen LogP) is 2.17. The van der Waals surface area contributed by atoms with Crippen LogP contribution in [0, 0.1) is 5.92 Å². The number of carbonyl (C=O) groups is 1. The molecular weight excluding hydrogens is 240 g/mol. The molecule has 2 fully saturated rings. The monoisotopic (exact) mass is 260 g/mol. The number of rotatable bonds is 2. The third kappa shape index (κ3) is 2.31. The molecule has 0 radical (unpaired) electrons. The normalized spacial score (nSPS) is 24.0. The molecule has 1 saturated carbocycles. The molecule has 3 rings (SSSR count). The van der Waals surface area contributed by atoms with Crippen LogP contribution < -0.4 is 5.43 Å². The van der Waals surface area contributed by atoms with E-state index in [2.05, 4.69) is 4.98 Å². The van der Waals surface area contributed by atoms with E-state index in [-0.39, 0.29) is 16.9 Å². The van der Waals surface area contributed by atoms with Gasteiger partial charge in [0.2, 0.25) is 0 Å². The fraction of sp³-hybridized carbons (Fsp3) is 0.600. The molecule has 1 aliphatic heterocycles. The Hall–Kier alpha value is -1.58. The number of pyridine rings is 1. The molecule has 4 nitrogen and oxygen atoms in total. The molecule has 19 heavy (non-hydrogen) atoms. The molecule has 1 saturated heterocycles. The average Bonchev–Trinajstić information content (AvgIpc) is 3.09. The molecule has 1 N–H and O–H groups in total.